The van der Waals surface area contributed by atoms with Crippen molar-refractivity contribution in [2.75, 3.05) is 17.2 Å². The SMILES string of the molecule is Cc1cc(NC(C)C)nc(NCCC2=CCCCC2)n1. The summed E-state index contributed by atoms with van der Waals surface area (Å²) in [6.07, 6.45) is 8.70. The van der Waals surface area contributed by atoms with E-state index < -0.39 is 0 Å². The van der Waals surface area contributed by atoms with E-state index in [1.165, 1.54) is 25.7 Å². The average molecular weight is 274 g/mol. The van der Waals surface area contributed by atoms with Gasteiger partial charge in [-0.05, 0) is 52.9 Å². The minimum atomic E-state index is 0.379. The van der Waals surface area contributed by atoms with Crippen molar-refractivity contribution in [2.24, 2.45) is 0 Å². The Labute approximate surface area is 122 Å². The normalized spacial score (nSPS) is 15.1. The molecule has 4 heteroatoms. The third kappa shape index (κ3) is 4.83. The number of anilines is 2. The second kappa shape index (κ2) is 7.27. The van der Waals surface area contributed by atoms with Crippen molar-refractivity contribution < 1.29 is 0 Å². The molecule has 110 valence electrons. The molecule has 0 radical (unpaired) electrons. The Morgan fingerprint density at radius 1 is 1.25 bits per heavy atom. The minimum Gasteiger partial charge on any atom is -0.368 e. The molecule has 1 aromatic rings. The molecule has 1 aliphatic rings. The van der Waals surface area contributed by atoms with Gasteiger partial charge in [-0.3, -0.25) is 0 Å². The molecule has 2 N–H and O–H groups in total. The Balaban J connectivity index is 1.88. The van der Waals surface area contributed by atoms with Gasteiger partial charge in [0.05, 0.1) is 0 Å². The third-order valence-electron chi connectivity index (χ3n) is 3.41. The van der Waals surface area contributed by atoms with Crippen molar-refractivity contribution in [1.29, 1.82) is 0 Å². The highest BCUT2D eigenvalue weighted by molar-refractivity contribution is 5.42. The highest BCUT2D eigenvalue weighted by Gasteiger charge is 2.05. The molecular formula is C16H26N4. The second-order valence-corrected chi connectivity index (χ2v) is 5.80. The fourth-order valence-corrected chi connectivity index (χ4v) is 2.48. The molecule has 0 spiro atoms. The van der Waals surface area contributed by atoms with E-state index in [9.17, 15) is 0 Å². The van der Waals surface area contributed by atoms with Crippen LogP contribution in [0, 0.1) is 6.92 Å². The molecular weight excluding hydrogens is 248 g/mol. The summed E-state index contributed by atoms with van der Waals surface area (Å²) in [6.45, 7) is 7.14. The van der Waals surface area contributed by atoms with Gasteiger partial charge in [0.1, 0.15) is 5.82 Å². The molecule has 0 saturated carbocycles. The first-order valence-electron chi connectivity index (χ1n) is 7.67. The summed E-state index contributed by atoms with van der Waals surface area (Å²) in [5.41, 5.74) is 2.57. The monoisotopic (exact) mass is 274 g/mol. The molecule has 1 heterocycles. The van der Waals surface area contributed by atoms with E-state index in [2.05, 4.69) is 40.5 Å². The number of nitrogens with zero attached hydrogens (tertiary/aromatic N) is 2. The fourth-order valence-electron chi connectivity index (χ4n) is 2.48. The number of hydrogen-bond acceptors (Lipinski definition) is 4. The van der Waals surface area contributed by atoms with Crippen LogP contribution in [0.2, 0.25) is 0 Å². The summed E-state index contributed by atoms with van der Waals surface area (Å²) >= 11 is 0. The summed E-state index contributed by atoms with van der Waals surface area (Å²) in [7, 11) is 0. The number of hydrogen-bond donors (Lipinski definition) is 2. The molecule has 0 aromatic carbocycles. The minimum absolute atomic E-state index is 0.379. The van der Waals surface area contributed by atoms with Gasteiger partial charge >= 0.3 is 0 Å². The van der Waals surface area contributed by atoms with Crippen LogP contribution in [0.15, 0.2) is 17.7 Å². The van der Waals surface area contributed by atoms with Gasteiger partial charge in [-0.15, -0.1) is 0 Å². The van der Waals surface area contributed by atoms with Crippen molar-refractivity contribution in [3.63, 3.8) is 0 Å². The number of rotatable bonds is 6. The van der Waals surface area contributed by atoms with Crippen LogP contribution in [-0.4, -0.2) is 22.6 Å². The van der Waals surface area contributed by atoms with Crippen LogP contribution in [0.5, 0.6) is 0 Å². The lowest BCUT2D eigenvalue weighted by atomic mass is 9.97. The molecule has 4 nitrogen and oxygen atoms in total. The molecule has 0 unspecified atom stereocenters. The van der Waals surface area contributed by atoms with E-state index in [0.29, 0.717) is 6.04 Å². The van der Waals surface area contributed by atoms with Crippen molar-refractivity contribution in [3.8, 4) is 0 Å². The first-order valence-corrected chi connectivity index (χ1v) is 7.67. The zero-order valence-electron chi connectivity index (χ0n) is 12.9. The molecule has 0 amide bonds. The van der Waals surface area contributed by atoms with E-state index >= 15 is 0 Å². The lowest BCUT2D eigenvalue weighted by molar-refractivity contribution is 0.679. The molecule has 0 saturated heterocycles. The van der Waals surface area contributed by atoms with E-state index in [4.69, 9.17) is 0 Å². The van der Waals surface area contributed by atoms with Crippen molar-refractivity contribution in [1.82, 2.24) is 9.97 Å². The van der Waals surface area contributed by atoms with E-state index in [0.717, 1.165) is 30.4 Å². The highest BCUT2D eigenvalue weighted by atomic mass is 15.1. The Morgan fingerprint density at radius 2 is 2.10 bits per heavy atom. The van der Waals surface area contributed by atoms with E-state index in [-0.39, 0.29) is 0 Å². The Hall–Kier alpha value is -1.58. The van der Waals surface area contributed by atoms with Gasteiger partial charge in [0.15, 0.2) is 0 Å². The van der Waals surface area contributed by atoms with Crippen molar-refractivity contribution >= 4 is 11.8 Å². The quantitative estimate of drug-likeness (QED) is 0.772. The molecule has 2 rings (SSSR count). The van der Waals surface area contributed by atoms with Gasteiger partial charge in [-0.25, -0.2) is 4.98 Å². The van der Waals surface area contributed by atoms with Crippen LogP contribution in [0.1, 0.15) is 51.6 Å². The van der Waals surface area contributed by atoms with Gasteiger partial charge in [0.2, 0.25) is 5.95 Å². The zero-order valence-corrected chi connectivity index (χ0v) is 12.9. The molecule has 0 atom stereocenters. The van der Waals surface area contributed by atoms with Crippen LogP contribution in [-0.2, 0) is 0 Å². The van der Waals surface area contributed by atoms with E-state index in [1.54, 1.807) is 5.57 Å². The average Bonchev–Trinajstić information content (AvgIpc) is 2.38. The number of aryl methyl sites for hydroxylation is 1. The van der Waals surface area contributed by atoms with Gasteiger partial charge in [0.25, 0.3) is 0 Å². The Morgan fingerprint density at radius 3 is 2.80 bits per heavy atom. The first kappa shape index (κ1) is 14.8. The molecule has 1 aliphatic carbocycles. The van der Waals surface area contributed by atoms with Crippen LogP contribution < -0.4 is 10.6 Å². The smallest absolute Gasteiger partial charge is 0.224 e. The van der Waals surface area contributed by atoms with Crippen molar-refractivity contribution in [2.45, 2.75) is 58.9 Å². The summed E-state index contributed by atoms with van der Waals surface area (Å²) < 4.78 is 0. The van der Waals surface area contributed by atoms with E-state index in [1.807, 2.05) is 13.0 Å². The highest BCUT2D eigenvalue weighted by Crippen LogP contribution is 2.20. The molecule has 1 aromatic heterocycles. The summed E-state index contributed by atoms with van der Waals surface area (Å²) in [4.78, 5) is 8.95. The van der Waals surface area contributed by atoms with Gasteiger partial charge < -0.3 is 10.6 Å². The maximum Gasteiger partial charge on any atom is 0.224 e. The lowest BCUT2D eigenvalue weighted by Crippen LogP contribution is -2.14. The zero-order chi connectivity index (χ0) is 14.4. The molecule has 0 aliphatic heterocycles. The summed E-state index contributed by atoms with van der Waals surface area (Å²) in [5.74, 6) is 1.62. The largest absolute Gasteiger partial charge is 0.368 e. The van der Waals surface area contributed by atoms with Crippen LogP contribution in [0.4, 0.5) is 11.8 Å². The Bertz CT molecular complexity index is 466. The summed E-state index contributed by atoms with van der Waals surface area (Å²) in [6, 6.07) is 2.36. The predicted molar refractivity (Wildman–Crippen MR) is 85.2 cm³/mol. The number of nitrogens with one attached hydrogen (secondary N) is 2. The third-order valence-corrected chi connectivity index (χ3v) is 3.41. The molecule has 0 fully saturated rings. The predicted octanol–water partition coefficient (Wildman–Crippen LogP) is 3.91. The molecule has 20 heavy (non-hydrogen) atoms. The van der Waals surface area contributed by atoms with Crippen LogP contribution in [0.3, 0.4) is 0 Å². The summed E-state index contributed by atoms with van der Waals surface area (Å²) in [5, 5.41) is 6.67. The lowest BCUT2D eigenvalue weighted by Gasteiger charge is -2.14. The van der Waals surface area contributed by atoms with Crippen molar-refractivity contribution in [3.05, 3.63) is 23.4 Å². The maximum absolute atomic E-state index is 4.50. The molecule has 0 bridgehead atoms. The second-order valence-electron chi connectivity index (χ2n) is 5.80. The number of aromatic nitrogens is 2. The van der Waals surface area contributed by atoms with Gasteiger partial charge in [-0.1, -0.05) is 11.6 Å². The topological polar surface area (TPSA) is 49.8 Å². The van der Waals surface area contributed by atoms with Crippen LogP contribution >= 0.6 is 0 Å². The maximum atomic E-state index is 4.50. The van der Waals surface area contributed by atoms with Gasteiger partial charge in [0, 0.05) is 24.3 Å². The number of allylic oxidation sites excluding steroid dienone is 1. The Kier molecular flexibility index (Phi) is 5.39. The first-order chi connectivity index (χ1) is 9.63. The fraction of sp³-hybridized carbons (Fsp3) is 0.625. The standard InChI is InChI=1S/C16H26N4/c1-12(2)18-15-11-13(3)19-16(20-15)17-10-9-14-7-5-4-6-8-14/h7,11-12H,4-6,8-10H2,1-3H3,(H2,17,18,19,20). The van der Waals surface area contributed by atoms with Gasteiger partial charge in [-0.2, -0.15) is 4.98 Å². The van der Waals surface area contributed by atoms with Crippen LogP contribution in [0.25, 0.3) is 0 Å².